The molecule has 1 aromatic heterocycles. The molecule has 2 heterocycles. The van der Waals surface area contributed by atoms with Gasteiger partial charge in [-0.3, -0.25) is 0 Å². The van der Waals surface area contributed by atoms with Crippen LogP contribution in [0, 0.1) is 0 Å². The molecule has 4 rings (SSSR count). The minimum Gasteiger partial charge on any atom is -0.491 e. The minimum absolute atomic E-state index is 0.0364. The Morgan fingerprint density at radius 1 is 1.17 bits per heavy atom. The molecule has 7 nitrogen and oxygen atoms in total. The van der Waals surface area contributed by atoms with E-state index in [9.17, 15) is 4.79 Å². The third-order valence-electron chi connectivity index (χ3n) is 5.54. The number of carbonyl (C=O) groups is 1. The van der Waals surface area contributed by atoms with E-state index >= 15 is 0 Å². The van der Waals surface area contributed by atoms with Gasteiger partial charge >= 0.3 is 5.97 Å². The predicted octanol–water partition coefficient (Wildman–Crippen LogP) is 5.99. The molecule has 2 aromatic carbocycles. The van der Waals surface area contributed by atoms with E-state index in [-0.39, 0.29) is 18.7 Å². The van der Waals surface area contributed by atoms with Crippen molar-refractivity contribution in [1.82, 2.24) is 14.8 Å². The van der Waals surface area contributed by atoms with Crippen molar-refractivity contribution in [3.63, 3.8) is 0 Å². The summed E-state index contributed by atoms with van der Waals surface area (Å²) in [7, 11) is 0. The number of allylic oxidation sites excluding steroid dienone is 1. The number of aromatic nitrogens is 3. The number of anilines is 1. The minimum atomic E-state index is -0.488. The smallest absolute Gasteiger partial charge is 0.338 e. The molecule has 184 valence electrons. The Morgan fingerprint density at radius 3 is 2.71 bits per heavy atom. The summed E-state index contributed by atoms with van der Waals surface area (Å²) < 4.78 is 13.5. The van der Waals surface area contributed by atoms with Crippen LogP contribution >= 0.6 is 11.8 Å². The molecular formula is C27H32N4O3S. The lowest BCUT2D eigenvalue weighted by Crippen LogP contribution is -2.29. The van der Waals surface area contributed by atoms with Gasteiger partial charge < -0.3 is 14.8 Å². The molecule has 0 radical (unpaired) electrons. The second kappa shape index (κ2) is 11.4. The van der Waals surface area contributed by atoms with Crippen molar-refractivity contribution < 1.29 is 14.3 Å². The Labute approximate surface area is 210 Å². The Hall–Kier alpha value is -3.26. The van der Waals surface area contributed by atoms with Crippen molar-refractivity contribution in [2.75, 3.05) is 11.1 Å². The first-order valence-electron chi connectivity index (χ1n) is 12.0. The van der Waals surface area contributed by atoms with E-state index in [0.29, 0.717) is 22.4 Å². The van der Waals surface area contributed by atoms with Crippen LogP contribution in [0.2, 0.25) is 0 Å². The van der Waals surface area contributed by atoms with Gasteiger partial charge in [0.25, 0.3) is 0 Å². The van der Waals surface area contributed by atoms with E-state index in [1.807, 2.05) is 75.4 Å². The number of fused-ring (bicyclic) bond motifs is 1. The van der Waals surface area contributed by atoms with Crippen molar-refractivity contribution in [1.29, 1.82) is 0 Å². The van der Waals surface area contributed by atoms with E-state index in [4.69, 9.17) is 19.6 Å². The van der Waals surface area contributed by atoms with Gasteiger partial charge in [0.2, 0.25) is 11.1 Å². The second-order valence-corrected chi connectivity index (χ2v) is 9.79. The first kappa shape index (κ1) is 24.9. The maximum atomic E-state index is 13.4. The molecule has 0 bridgehead atoms. The molecule has 1 unspecified atom stereocenters. The van der Waals surface area contributed by atoms with Crippen molar-refractivity contribution in [3.05, 3.63) is 77.0 Å². The van der Waals surface area contributed by atoms with Crippen molar-refractivity contribution in [2.24, 2.45) is 0 Å². The number of hydrogen-bond donors (Lipinski definition) is 1. The Balaban J connectivity index is 1.69. The predicted molar refractivity (Wildman–Crippen MR) is 139 cm³/mol. The summed E-state index contributed by atoms with van der Waals surface area (Å²) in [5.74, 6) is 1.91. The molecule has 3 aromatic rings. The molecule has 1 N–H and O–H groups in total. The van der Waals surface area contributed by atoms with Gasteiger partial charge in [0.15, 0.2) is 0 Å². The number of benzene rings is 2. The van der Waals surface area contributed by atoms with Gasteiger partial charge in [-0.25, -0.2) is 9.48 Å². The Bertz CT molecular complexity index is 1190. The lowest BCUT2D eigenvalue weighted by molar-refractivity contribution is -0.140. The van der Waals surface area contributed by atoms with Crippen molar-refractivity contribution >= 4 is 23.7 Å². The quantitative estimate of drug-likeness (QED) is 0.212. The number of carbonyl (C=O) groups excluding carboxylic acids is 1. The number of ether oxygens (including phenoxy) is 2. The summed E-state index contributed by atoms with van der Waals surface area (Å²) in [4.78, 5) is 18.1. The van der Waals surface area contributed by atoms with Crippen LogP contribution < -0.4 is 10.1 Å². The van der Waals surface area contributed by atoms with Crippen LogP contribution in [0.15, 0.2) is 71.0 Å². The van der Waals surface area contributed by atoms with Crippen LogP contribution in [-0.4, -0.2) is 32.6 Å². The van der Waals surface area contributed by atoms with Crippen LogP contribution in [0.3, 0.4) is 0 Å². The molecule has 8 heteroatoms. The normalized spacial score (nSPS) is 15.1. The maximum Gasteiger partial charge on any atom is 0.338 e. The SMILES string of the molecule is CCCCSc1nc2n(n1)C(c1cccc(OC(C)C)c1)C(C(=O)OCc1ccccc1)=C(C)N2. The summed E-state index contributed by atoms with van der Waals surface area (Å²) in [5.41, 5.74) is 3.02. The third-order valence-corrected chi connectivity index (χ3v) is 6.46. The summed E-state index contributed by atoms with van der Waals surface area (Å²) in [6.07, 6.45) is 2.24. The average Bonchev–Trinajstić information content (AvgIpc) is 3.24. The van der Waals surface area contributed by atoms with Crippen LogP contribution in [-0.2, 0) is 16.1 Å². The van der Waals surface area contributed by atoms with Gasteiger partial charge in [-0.05, 0) is 50.5 Å². The molecule has 1 aliphatic rings. The first-order chi connectivity index (χ1) is 17.0. The Morgan fingerprint density at radius 2 is 1.97 bits per heavy atom. The fraction of sp³-hybridized carbons (Fsp3) is 0.370. The highest BCUT2D eigenvalue weighted by Gasteiger charge is 2.35. The Kier molecular flexibility index (Phi) is 8.13. The topological polar surface area (TPSA) is 78.3 Å². The number of esters is 1. The van der Waals surface area contributed by atoms with Gasteiger partial charge in [0.05, 0.1) is 11.7 Å². The van der Waals surface area contributed by atoms with Crippen LogP contribution in [0.1, 0.15) is 57.7 Å². The van der Waals surface area contributed by atoms with E-state index in [1.165, 1.54) is 0 Å². The standard InChI is InChI=1S/C27H32N4O3S/c1-5-6-15-35-27-29-26-28-19(4)23(25(32)33-17-20-11-8-7-9-12-20)24(31(26)30-27)21-13-10-14-22(16-21)34-18(2)3/h7-14,16,18,24H,5-6,15,17H2,1-4H3,(H,28,29,30). The maximum absolute atomic E-state index is 13.4. The number of thioether (sulfide) groups is 1. The molecule has 0 saturated heterocycles. The fourth-order valence-corrected chi connectivity index (χ4v) is 4.82. The second-order valence-electron chi connectivity index (χ2n) is 8.73. The molecule has 0 fully saturated rings. The van der Waals surface area contributed by atoms with Gasteiger partial charge in [0, 0.05) is 11.4 Å². The van der Waals surface area contributed by atoms with Gasteiger partial charge in [-0.1, -0.05) is 67.6 Å². The third kappa shape index (κ3) is 6.06. The largest absolute Gasteiger partial charge is 0.491 e. The monoisotopic (exact) mass is 492 g/mol. The fourth-order valence-electron chi connectivity index (χ4n) is 3.90. The zero-order valence-corrected chi connectivity index (χ0v) is 21.5. The van der Waals surface area contributed by atoms with Crippen molar-refractivity contribution in [2.45, 2.75) is 64.4 Å². The molecular weight excluding hydrogens is 460 g/mol. The molecule has 35 heavy (non-hydrogen) atoms. The number of nitrogens with zero attached hydrogens (tertiary/aromatic N) is 3. The summed E-state index contributed by atoms with van der Waals surface area (Å²) in [6.45, 7) is 8.22. The highest BCUT2D eigenvalue weighted by molar-refractivity contribution is 7.99. The molecule has 0 spiro atoms. The first-order valence-corrected chi connectivity index (χ1v) is 13.0. The molecule has 0 saturated carbocycles. The molecule has 1 aliphatic heterocycles. The summed E-state index contributed by atoms with van der Waals surface area (Å²) >= 11 is 1.62. The number of hydrogen-bond acceptors (Lipinski definition) is 7. The number of nitrogens with one attached hydrogen (secondary N) is 1. The number of unbranched alkanes of at least 4 members (excludes halogenated alkanes) is 1. The molecule has 1 atom stereocenters. The van der Waals surface area contributed by atoms with Gasteiger partial charge in [-0.2, -0.15) is 4.98 Å². The van der Waals surface area contributed by atoms with E-state index in [2.05, 4.69) is 12.2 Å². The summed E-state index contributed by atoms with van der Waals surface area (Å²) in [6, 6.07) is 17.0. The lowest BCUT2D eigenvalue weighted by atomic mass is 9.95. The zero-order chi connectivity index (χ0) is 24.8. The lowest BCUT2D eigenvalue weighted by Gasteiger charge is -2.28. The van der Waals surface area contributed by atoms with Crippen LogP contribution in [0.4, 0.5) is 5.95 Å². The number of rotatable bonds is 10. The highest BCUT2D eigenvalue weighted by Crippen LogP contribution is 2.38. The van der Waals surface area contributed by atoms with Gasteiger partial charge in [-0.15, -0.1) is 5.10 Å². The highest BCUT2D eigenvalue weighted by atomic mass is 32.2. The van der Waals surface area contributed by atoms with E-state index < -0.39 is 6.04 Å². The summed E-state index contributed by atoms with van der Waals surface area (Å²) in [5, 5.41) is 8.74. The van der Waals surface area contributed by atoms with Crippen LogP contribution in [0.25, 0.3) is 0 Å². The van der Waals surface area contributed by atoms with E-state index in [1.54, 1.807) is 16.4 Å². The zero-order valence-electron chi connectivity index (χ0n) is 20.7. The molecule has 0 aliphatic carbocycles. The van der Waals surface area contributed by atoms with Crippen LogP contribution in [0.5, 0.6) is 5.75 Å². The van der Waals surface area contributed by atoms with Crippen molar-refractivity contribution in [3.8, 4) is 5.75 Å². The van der Waals surface area contributed by atoms with E-state index in [0.717, 1.165) is 35.5 Å². The van der Waals surface area contributed by atoms with Gasteiger partial charge in [0.1, 0.15) is 18.4 Å². The molecule has 0 amide bonds. The average molecular weight is 493 g/mol.